The molecule has 0 amide bonds. The summed E-state index contributed by atoms with van der Waals surface area (Å²) in [6.07, 6.45) is 2.78. The molecular weight excluding hydrogens is 268 g/mol. The van der Waals surface area contributed by atoms with Gasteiger partial charge in [0.05, 0.1) is 0 Å². The van der Waals surface area contributed by atoms with E-state index in [1.807, 2.05) is 20.8 Å². The third kappa shape index (κ3) is 3.13. The van der Waals surface area contributed by atoms with Gasteiger partial charge in [0.25, 0.3) is 0 Å². The molecule has 5 unspecified atom stereocenters. The zero-order valence-electron chi connectivity index (χ0n) is 13.9. The van der Waals surface area contributed by atoms with E-state index in [4.69, 9.17) is 13.3 Å². The summed E-state index contributed by atoms with van der Waals surface area (Å²) in [4.78, 5) is 0. The highest BCUT2D eigenvalue weighted by Crippen LogP contribution is 2.56. The maximum Gasteiger partial charge on any atom is 0.501 e. The lowest BCUT2D eigenvalue weighted by molar-refractivity contribution is 0.0602. The van der Waals surface area contributed by atoms with Crippen LogP contribution >= 0.6 is 0 Å². The average Bonchev–Trinajstić information content (AvgIpc) is 2.91. The molecule has 0 aliphatic heterocycles. The predicted molar refractivity (Wildman–Crippen MR) is 83.5 cm³/mol. The van der Waals surface area contributed by atoms with Gasteiger partial charge < -0.3 is 13.3 Å². The van der Waals surface area contributed by atoms with Crippen molar-refractivity contribution in [1.82, 2.24) is 0 Å². The van der Waals surface area contributed by atoms with Crippen molar-refractivity contribution in [3.05, 3.63) is 0 Å². The molecule has 2 aliphatic rings. The van der Waals surface area contributed by atoms with E-state index in [-0.39, 0.29) is 0 Å². The molecular formula is C16H32O3Si. The molecule has 0 radical (unpaired) electrons. The molecule has 2 rings (SSSR count). The van der Waals surface area contributed by atoms with E-state index in [2.05, 4.69) is 13.8 Å². The van der Waals surface area contributed by atoms with Gasteiger partial charge >= 0.3 is 8.80 Å². The predicted octanol–water partition coefficient (Wildman–Crippen LogP) is 3.96. The standard InChI is InChI=1S/C16H32O3Si/c1-6-17-20(18-7-2,19-8-3)11-15-9-14-10-16(15)13(5)12(14)4/h12-16H,6-11H2,1-5H3. The lowest BCUT2D eigenvalue weighted by Gasteiger charge is -2.36. The highest BCUT2D eigenvalue weighted by atomic mass is 28.4. The van der Waals surface area contributed by atoms with E-state index >= 15 is 0 Å². The van der Waals surface area contributed by atoms with Crippen molar-refractivity contribution in [2.24, 2.45) is 29.6 Å². The van der Waals surface area contributed by atoms with Crippen LogP contribution in [0.3, 0.4) is 0 Å². The van der Waals surface area contributed by atoms with Crippen molar-refractivity contribution in [2.45, 2.75) is 53.5 Å². The number of fused-ring (bicyclic) bond motifs is 2. The summed E-state index contributed by atoms with van der Waals surface area (Å²) in [5, 5.41) is 0. The third-order valence-corrected chi connectivity index (χ3v) is 8.85. The minimum absolute atomic E-state index is 0.693. The molecule has 20 heavy (non-hydrogen) atoms. The van der Waals surface area contributed by atoms with Crippen molar-refractivity contribution < 1.29 is 13.3 Å². The molecule has 0 aromatic rings. The summed E-state index contributed by atoms with van der Waals surface area (Å²) in [5.41, 5.74) is 0. The monoisotopic (exact) mass is 300 g/mol. The molecule has 2 aliphatic carbocycles. The summed E-state index contributed by atoms with van der Waals surface area (Å²) in [6, 6.07) is 1.03. The van der Waals surface area contributed by atoms with Crippen molar-refractivity contribution in [3.63, 3.8) is 0 Å². The first kappa shape index (κ1) is 16.5. The van der Waals surface area contributed by atoms with E-state index in [0.717, 1.165) is 35.6 Å². The van der Waals surface area contributed by atoms with Crippen LogP contribution in [0.5, 0.6) is 0 Å². The van der Waals surface area contributed by atoms with E-state index in [0.29, 0.717) is 19.8 Å². The Morgan fingerprint density at radius 3 is 1.80 bits per heavy atom. The molecule has 0 heterocycles. The summed E-state index contributed by atoms with van der Waals surface area (Å²) in [6.45, 7) is 13.1. The summed E-state index contributed by atoms with van der Waals surface area (Å²) < 4.78 is 18.1. The Hall–Kier alpha value is 0.0969. The second kappa shape index (κ2) is 6.90. The quantitative estimate of drug-likeness (QED) is 0.635. The van der Waals surface area contributed by atoms with E-state index in [1.54, 1.807) is 0 Å². The van der Waals surface area contributed by atoms with Crippen LogP contribution in [0.15, 0.2) is 0 Å². The average molecular weight is 301 g/mol. The van der Waals surface area contributed by atoms with Gasteiger partial charge in [-0.3, -0.25) is 0 Å². The molecule has 0 spiro atoms. The van der Waals surface area contributed by atoms with Gasteiger partial charge in [-0.25, -0.2) is 0 Å². The second-order valence-electron chi connectivity index (χ2n) is 6.56. The van der Waals surface area contributed by atoms with E-state index in [9.17, 15) is 0 Å². The minimum atomic E-state index is -2.45. The van der Waals surface area contributed by atoms with Crippen LogP contribution < -0.4 is 0 Å². The Labute approximate surface area is 125 Å². The Bertz CT molecular complexity index is 291. The van der Waals surface area contributed by atoms with E-state index in [1.165, 1.54) is 12.8 Å². The normalized spacial score (nSPS) is 36.8. The van der Waals surface area contributed by atoms with Gasteiger partial charge in [0.2, 0.25) is 0 Å². The maximum atomic E-state index is 6.04. The van der Waals surface area contributed by atoms with Crippen LogP contribution in [0.4, 0.5) is 0 Å². The fraction of sp³-hybridized carbons (Fsp3) is 1.00. The molecule has 5 atom stereocenters. The van der Waals surface area contributed by atoms with Gasteiger partial charge in [0, 0.05) is 25.9 Å². The second-order valence-corrected chi connectivity index (χ2v) is 9.20. The first-order chi connectivity index (χ1) is 9.56. The van der Waals surface area contributed by atoms with Crippen LogP contribution in [-0.2, 0) is 13.3 Å². The first-order valence-corrected chi connectivity index (χ1v) is 10.4. The molecule has 3 nitrogen and oxygen atoms in total. The molecule has 0 aromatic carbocycles. The molecule has 4 heteroatoms. The molecule has 2 bridgehead atoms. The molecule has 0 aromatic heterocycles. The molecule has 118 valence electrons. The number of hydrogen-bond donors (Lipinski definition) is 0. The van der Waals surface area contributed by atoms with Gasteiger partial charge in [0.1, 0.15) is 0 Å². The van der Waals surface area contributed by atoms with Gasteiger partial charge in [-0.05, 0) is 63.2 Å². The lowest BCUT2D eigenvalue weighted by atomic mass is 9.76. The smallest absolute Gasteiger partial charge is 0.374 e. The lowest BCUT2D eigenvalue weighted by Crippen LogP contribution is -2.48. The van der Waals surface area contributed by atoms with Crippen LogP contribution in [0.25, 0.3) is 0 Å². The van der Waals surface area contributed by atoms with E-state index < -0.39 is 8.80 Å². The Kier molecular flexibility index (Phi) is 5.68. The van der Waals surface area contributed by atoms with Crippen molar-refractivity contribution in [1.29, 1.82) is 0 Å². The highest BCUT2D eigenvalue weighted by Gasteiger charge is 2.53. The summed E-state index contributed by atoms with van der Waals surface area (Å²) in [5.74, 6) is 4.30. The molecule has 0 N–H and O–H groups in total. The fourth-order valence-corrected chi connectivity index (χ4v) is 7.65. The SMILES string of the molecule is CCO[Si](CC1CC2CC1C(C)C2C)(OCC)OCC. The Morgan fingerprint density at radius 1 is 0.850 bits per heavy atom. The van der Waals surface area contributed by atoms with Gasteiger partial charge in [0.15, 0.2) is 0 Å². The summed E-state index contributed by atoms with van der Waals surface area (Å²) in [7, 11) is -2.45. The first-order valence-electron chi connectivity index (χ1n) is 8.48. The largest absolute Gasteiger partial charge is 0.501 e. The molecule has 0 saturated heterocycles. The Balaban J connectivity index is 2.04. The van der Waals surface area contributed by atoms with Crippen LogP contribution in [0, 0.1) is 29.6 Å². The van der Waals surface area contributed by atoms with Crippen molar-refractivity contribution in [2.75, 3.05) is 19.8 Å². The van der Waals surface area contributed by atoms with Crippen molar-refractivity contribution >= 4 is 8.80 Å². The minimum Gasteiger partial charge on any atom is -0.374 e. The fourth-order valence-electron chi connectivity index (χ4n) is 4.61. The number of hydrogen-bond acceptors (Lipinski definition) is 3. The molecule has 2 saturated carbocycles. The third-order valence-electron chi connectivity index (χ3n) is 5.64. The Morgan fingerprint density at radius 2 is 1.40 bits per heavy atom. The van der Waals surface area contributed by atoms with Crippen LogP contribution in [-0.4, -0.2) is 28.6 Å². The zero-order valence-corrected chi connectivity index (χ0v) is 14.9. The highest BCUT2D eigenvalue weighted by molar-refractivity contribution is 6.60. The van der Waals surface area contributed by atoms with Gasteiger partial charge in [-0.15, -0.1) is 0 Å². The van der Waals surface area contributed by atoms with Gasteiger partial charge in [-0.2, -0.15) is 0 Å². The zero-order chi connectivity index (χ0) is 14.8. The molecule has 2 fully saturated rings. The van der Waals surface area contributed by atoms with Gasteiger partial charge in [-0.1, -0.05) is 13.8 Å². The van der Waals surface area contributed by atoms with Crippen LogP contribution in [0.1, 0.15) is 47.5 Å². The maximum absolute atomic E-state index is 6.04. The van der Waals surface area contributed by atoms with Crippen molar-refractivity contribution in [3.8, 4) is 0 Å². The van der Waals surface area contributed by atoms with Crippen LogP contribution in [0.2, 0.25) is 6.04 Å². The number of rotatable bonds is 8. The topological polar surface area (TPSA) is 27.7 Å². The summed E-state index contributed by atoms with van der Waals surface area (Å²) >= 11 is 0.